The molecule has 130 valence electrons. The summed E-state index contributed by atoms with van der Waals surface area (Å²) in [6.45, 7) is 1.65. The normalized spacial score (nSPS) is 12.3. The van der Waals surface area contributed by atoms with Gasteiger partial charge in [0.05, 0.1) is 22.6 Å². The highest BCUT2D eigenvalue weighted by Crippen LogP contribution is 2.30. The van der Waals surface area contributed by atoms with Crippen molar-refractivity contribution in [1.82, 2.24) is 9.13 Å². The number of nitrogens with one attached hydrogen (secondary N) is 1. The van der Waals surface area contributed by atoms with Crippen LogP contribution in [0.2, 0.25) is 0 Å². The monoisotopic (exact) mass is 343 g/mol. The fourth-order valence-corrected chi connectivity index (χ4v) is 2.80. The Balaban J connectivity index is 1.94. The number of fused-ring (bicyclic) bond motifs is 1. The molecule has 7 heteroatoms. The maximum absolute atomic E-state index is 13.3. The zero-order valence-electron chi connectivity index (χ0n) is 14.1. The van der Waals surface area contributed by atoms with Gasteiger partial charge in [-0.3, -0.25) is 13.9 Å². The first-order chi connectivity index (χ1) is 11.8. The molecule has 1 atom stereocenters. The van der Waals surface area contributed by atoms with Gasteiger partial charge in [-0.1, -0.05) is 12.1 Å². The number of aromatic nitrogens is 2. The summed E-state index contributed by atoms with van der Waals surface area (Å²) in [7, 11) is 3.22. The van der Waals surface area contributed by atoms with Crippen molar-refractivity contribution in [3.63, 3.8) is 0 Å². The summed E-state index contributed by atoms with van der Waals surface area (Å²) < 4.78 is 16.2. The summed E-state index contributed by atoms with van der Waals surface area (Å²) in [5, 5.41) is 12.8. The Morgan fingerprint density at radius 1 is 1.16 bits per heavy atom. The molecule has 0 aliphatic heterocycles. The average Bonchev–Trinajstić information content (AvgIpc) is 2.79. The molecule has 25 heavy (non-hydrogen) atoms. The second kappa shape index (κ2) is 6.08. The van der Waals surface area contributed by atoms with Gasteiger partial charge in [0.15, 0.2) is 0 Å². The number of carbonyl (C=O) groups is 1. The third-order valence-corrected chi connectivity index (χ3v) is 4.39. The molecule has 0 aliphatic rings. The largest absolute Gasteiger partial charge is 0.506 e. The Morgan fingerprint density at radius 2 is 1.80 bits per heavy atom. The maximum Gasteiger partial charge on any atom is 0.328 e. The van der Waals surface area contributed by atoms with Crippen LogP contribution in [0.15, 0.2) is 41.2 Å². The first kappa shape index (κ1) is 16.8. The van der Waals surface area contributed by atoms with E-state index >= 15 is 0 Å². The molecule has 0 aliphatic carbocycles. The predicted octanol–water partition coefficient (Wildman–Crippen LogP) is 2.46. The SMILES string of the molecule is CC(C(=O)Nc1cc2c(cc1O)n(C)c(=O)n2C)c1cccc(F)c1. The molecule has 1 amide bonds. The lowest BCUT2D eigenvalue weighted by molar-refractivity contribution is -0.117. The topological polar surface area (TPSA) is 76.3 Å². The number of nitrogens with zero attached hydrogens (tertiary/aromatic N) is 2. The van der Waals surface area contributed by atoms with E-state index in [9.17, 15) is 19.1 Å². The van der Waals surface area contributed by atoms with Crippen LogP contribution in [0.3, 0.4) is 0 Å². The Hall–Kier alpha value is -3.09. The van der Waals surface area contributed by atoms with Gasteiger partial charge in [-0.2, -0.15) is 0 Å². The molecule has 3 aromatic rings. The second-order valence-electron chi connectivity index (χ2n) is 6.02. The van der Waals surface area contributed by atoms with Crippen LogP contribution in [0.25, 0.3) is 11.0 Å². The molecule has 2 aromatic carbocycles. The maximum atomic E-state index is 13.3. The number of imidazole rings is 1. The number of hydrogen-bond acceptors (Lipinski definition) is 3. The Labute approximate surface area is 143 Å². The molecule has 0 fully saturated rings. The minimum absolute atomic E-state index is 0.145. The third-order valence-electron chi connectivity index (χ3n) is 4.39. The highest BCUT2D eigenvalue weighted by atomic mass is 19.1. The molecule has 2 N–H and O–H groups in total. The first-order valence-electron chi connectivity index (χ1n) is 7.74. The third kappa shape index (κ3) is 2.88. The van der Waals surface area contributed by atoms with Crippen LogP contribution in [0, 0.1) is 5.82 Å². The number of hydrogen-bond donors (Lipinski definition) is 2. The van der Waals surface area contributed by atoms with Crippen LogP contribution in [0.1, 0.15) is 18.4 Å². The molecule has 1 unspecified atom stereocenters. The summed E-state index contributed by atoms with van der Waals surface area (Å²) in [5.74, 6) is -1.55. The van der Waals surface area contributed by atoms with E-state index in [4.69, 9.17) is 0 Å². The van der Waals surface area contributed by atoms with Crippen LogP contribution >= 0.6 is 0 Å². The lowest BCUT2D eigenvalue weighted by Gasteiger charge is -2.14. The van der Waals surface area contributed by atoms with Crippen molar-refractivity contribution in [3.05, 3.63) is 58.3 Å². The molecule has 3 rings (SSSR count). The molecule has 1 heterocycles. The van der Waals surface area contributed by atoms with Crippen LogP contribution < -0.4 is 11.0 Å². The highest BCUT2D eigenvalue weighted by Gasteiger charge is 2.19. The number of phenols is 1. The molecule has 1 aromatic heterocycles. The van der Waals surface area contributed by atoms with E-state index in [2.05, 4.69) is 5.32 Å². The Morgan fingerprint density at radius 3 is 2.44 bits per heavy atom. The fraction of sp³-hybridized carbons (Fsp3) is 0.222. The number of phenolic OH excluding ortho intramolecular Hbond substituents is 1. The molecule has 6 nitrogen and oxygen atoms in total. The van der Waals surface area contributed by atoms with Crippen molar-refractivity contribution in [3.8, 4) is 5.75 Å². The molecule has 0 bridgehead atoms. The van der Waals surface area contributed by atoms with E-state index < -0.39 is 11.7 Å². The van der Waals surface area contributed by atoms with Gasteiger partial charge in [0.1, 0.15) is 11.6 Å². The zero-order chi connectivity index (χ0) is 18.3. The lowest BCUT2D eigenvalue weighted by atomic mass is 10.00. The minimum Gasteiger partial charge on any atom is -0.506 e. The second-order valence-corrected chi connectivity index (χ2v) is 6.02. The smallest absolute Gasteiger partial charge is 0.328 e. The lowest BCUT2D eigenvalue weighted by Crippen LogP contribution is -2.19. The molecule has 0 radical (unpaired) electrons. The average molecular weight is 343 g/mol. The van der Waals surface area contributed by atoms with Crippen molar-refractivity contribution in [2.75, 3.05) is 5.32 Å². The van der Waals surface area contributed by atoms with Crippen LogP contribution in [-0.4, -0.2) is 20.1 Å². The van der Waals surface area contributed by atoms with Gasteiger partial charge in [0.25, 0.3) is 0 Å². The van der Waals surface area contributed by atoms with Crippen LogP contribution in [-0.2, 0) is 18.9 Å². The van der Waals surface area contributed by atoms with E-state index in [0.29, 0.717) is 16.6 Å². The molecular weight excluding hydrogens is 325 g/mol. The number of benzene rings is 2. The zero-order valence-corrected chi connectivity index (χ0v) is 14.1. The number of rotatable bonds is 3. The van der Waals surface area contributed by atoms with E-state index in [0.717, 1.165) is 0 Å². The van der Waals surface area contributed by atoms with Gasteiger partial charge in [-0.15, -0.1) is 0 Å². The summed E-state index contributed by atoms with van der Waals surface area (Å²) in [6.07, 6.45) is 0. The number of aromatic hydroxyl groups is 1. The number of carbonyl (C=O) groups excluding carboxylic acids is 1. The quantitative estimate of drug-likeness (QED) is 0.717. The van der Waals surface area contributed by atoms with Gasteiger partial charge >= 0.3 is 5.69 Å². The van der Waals surface area contributed by atoms with Gasteiger partial charge in [0, 0.05) is 20.2 Å². The summed E-state index contributed by atoms with van der Waals surface area (Å²) >= 11 is 0. The molecule has 0 spiro atoms. The number of halogens is 1. The summed E-state index contributed by atoms with van der Waals surface area (Å²) in [6, 6.07) is 8.79. The van der Waals surface area contributed by atoms with Crippen molar-refractivity contribution in [1.29, 1.82) is 0 Å². The standard InChI is InChI=1S/C18H18FN3O3/c1-10(11-5-4-6-12(19)7-11)17(24)20-13-8-14-15(9-16(13)23)22(3)18(25)21(14)2/h4-10,23H,1-3H3,(H,20,24). The van der Waals surface area contributed by atoms with E-state index in [1.807, 2.05) is 0 Å². The van der Waals surface area contributed by atoms with Gasteiger partial charge < -0.3 is 10.4 Å². The van der Waals surface area contributed by atoms with Gasteiger partial charge in [-0.25, -0.2) is 9.18 Å². The van der Waals surface area contributed by atoms with E-state index in [-0.39, 0.29) is 23.0 Å². The summed E-state index contributed by atoms with van der Waals surface area (Å²) in [4.78, 5) is 24.4. The number of aryl methyl sites for hydroxylation is 2. The Bertz CT molecular complexity index is 1040. The van der Waals surface area contributed by atoms with Crippen molar-refractivity contribution >= 4 is 22.6 Å². The molecule has 0 saturated heterocycles. The van der Waals surface area contributed by atoms with E-state index in [1.165, 1.54) is 33.4 Å². The van der Waals surface area contributed by atoms with Crippen molar-refractivity contribution in [2.45, 2.75) is 12.8 Å². The van der Waals surface area contributed by atoms with Crippen LogP contribution in [0.5, 0.6) is 5.75 Å². The first-order valence-corrected chi connectivity index (χ1v) is 7.74. The fourth-order valence-electron chi connectivity index (χ4n) is 2.80. The molecule has 0 saturated carbocycles. The summed E-state index contributed by atoms with van der Waals surface area (Å²) in [5.41, 5.74) is 1.64. The van der Waals surface area contributed by atoms with Gasteiger partial charge in [0.2, 0.25) is 5.91 Å². The molecular formula is C18H18FN3O3. The Kier molecular flexibility index (Phi) is 4.08. The highest BCUT2D eigenvalue weighted by molar-refractivity contribution is 5.98. The van der Waals surface area contributed by atoms with Crippen LogP contribution in [0.4, 0.5) is 10.1 Å². The van der Waals surface area contributed by atoms with E-state index in [1.54, 1.807) is 33.2 Å². The number of anilines is 1. The van der Waals surface area contributed by atoms with Gasteiger partial charge in [-0.05, 0) is 30.7 Å². The van der Waals surface area contributed by atoms with Crippen molar-refractivity contribution < 1.29 is 14.3 Å². The number of amides is 1. The predicted molar refractivity (Wildman–Crippen MR) is 93.3 cm³/mol. The minimum atomic E-state index is -0.606. The van der Waals surface area contributed by atoms with Crippen molar-refractivity contribution in [2.24, 2.45) is 14.1 Å².